The molecule has 0 aliphatic heterocycles. The summed E-state index contributed by atoms with van der Waals surface area (Å²) in [6.07, 6.45) is 0.856. The highest BCUT2D eigenvalue weighted by Gasteiger charge is 2.26. The number of nitrogens with zero attached hydrogens (tertiary/aromatic N) is 3. The predicted molar refractivity (Wildman–Crippen MR) is 75.2 cm³/mol. The minimum atomic E-state index is -3.86. The van der Waals surface area contributed by atoms with E-state index in [4.69, 9.17) is 10.5 Å². The second-order valence-electron chi connectivity index (χ2n) is 4.01. The molecule has 0 fully saturated rings. The number of nitrogens with one attached hydrogen (secondary N) is 1. The molecule has 0 spiro atoms. The first-order valence-corrected chi connectivity index (χ1v) is 7.58. The average molecular weight is 292 g/mol. The Hall–Kier alpha value is -2.09. The van der Waals surface area contributed by atoms with Gasteiger partial charge in [-0.2, -0.15) is 14.8 Å². The highest BCUT2D eigenvalue weighted by molar-refractivity contribution is 7.89. The molecule has 20 heavy (non-hydrogen) atoms. The van der Waals surface area contributed by atoms with Gasteiger partial charge in [0.05, 0.1) is 17.8 Å². The molecule has 0 saturated carbocycles. The Labute approximate surface area is 119 Å². The Balaban J connectivity index is 3.20. The number of para-hydroxylation sites is 1. The van der Waals surface area contributed by atoms with E-state index in [2.05, 4.69) is 5.32 Å². The zero-order chi connectivity index (χ0) is 15.0. The van der Waals surface area contributed by atoms with Crippen molar-refractivity contribution in [3.63, 3.8) is 0 Å². The van der Waals surface area contributed by atoms with Crippen molar-refractivity contribution >= 4 is 15.7 Å². The minimum Gasteiger partial charge on any atom is -0.384 e. The van der Waals surface area contributed by atoms with Crippen LogP contribution in [-0.4, -0.2) is 32.4 Å². The Morgan fingerprint density at radius 3 is 2.35 bits per heavy atom. The van der Waals surface area contributed by atoms with Crippen molar-refractivity contribution in [2.24, 2.45) is 0 Å². The molecule has 1 aromatic rings. The Bertz CT molecular complexity index is 613. The summed E-state index contributed by atoms with van der Waals surface area (Å²) < 4.78 is 25.8. The van der Waals surface area contributed by atoms with Crippen LogP contribution in [0.3, 0.4) is 0 Å². The van der Waals surface area contributed by atoms with Crippen molar-refractivity contribution < 1.29 is 8.42 Å². The minimum absolute atomic E-state index is 0.0824. The quantitative estimate of drug-likeness (QED) is 0.769. The van der Waals surface area contributed by atoms with Crippen LogP contribution in [-0.2, 0) is 10.0 Å². The van der Waals surface area contributed by atoms with Gasteiger partial charge in [0.2, 0.25) is 10.0 Å². The van der Waals surface area contributed by atoms with Crippen molar-refractivity contribution in [1.82, 2.24) is 4.31 Å². The average Bonchev–Trinajstić information content (AvgIpc) is 2.45. The zero-order valence-electron chi connectivity index (χ0n) is 11.2. The number of benzene rings is 1. The molecule has 0 saturated heterocycles. The summed E-state index contributed by atoms with van der Waals surface area (Å²) in [6, 6.07) is 10.0. The zero-order valence-corrected chi connectivity index (χ0v) is 12.0. The largest absolute Gasteiger partial charge is 0.384 e. The van der Waals surface area contributed by atoms with Gasteiger partial charge in [0, 0.05) is 6.54 Å². The maximum Gasteiger partial charge on any atom is 0.247 e. The monoisotopic (exact) mass is 292 g/mol. The summed E-state index contributed by atoms with van der Waals surface area (Å²) in [6.45, 7) is 1.92. The summed E-state index contributed by atoms with van der Waals surface area (Å²) in [5, 5.41) is 20.4. The van der Waals surface area contributed by atoms with E-state index in [1.807, 2.05) is 6.92 Å². The second-order valence-corrected chi connectivity index (χ2v) is 5.92. The van der Waals surface area contributed by atoms with Gasteiger partial charge < -0.3 is 5.32 Å². The molecular formula is C13H16N4O2S. The van der Waals surface area contributed by atoms with Crippen LogP contribution >= 0.6 is 0 Å². The highest BCUT2D eigenvalue weighted by atomic mass is 32.2. The van der Waals surface area contributed by atoms with Gasteiger partial charge >= 0.3 is 0 Å². The fraction of sp³-hybridized carbons (Fsp3) is 0.385. The molecular weight excluding hydrogens is 276 g/mol. The standard InChI is InChI=1S/C13H16N4O2S/c1-2-9-16-12-5-3-4-6-13(12)20(18,19)17(10-7-14)11-8-15/h3-6,16H,2,9-11H2,1H3. The van der Waals surface area contributed by atoms with Crippen molar-refractivity contribution in [1.29, 1.82) is 10.5 Å². The molecule has 0 radical (unpaired) electrons. The number of anilines is 1. The molecule has 0 unspecified atom stereocenters. The third-order valence-corrected chi connectivity index (χ3v) is 4.41. The van der Waals surface area contributed by atoms with Crippen molar-refractivity contribution in [3.8, 4) is 12.1 Å². The van der Waals surface area contributed by atoms with E-state index in [-0.39, 0.29) is 18.0 Å². The number of nitriles is 2. The third-order valence-electron chi connectivity index (χ3n) is 2.56. The van der Waals surface area contributed by atoms with Gasteiger partial charge in [-0.15, -0.1) is 0 Å². The smallest absolute Gasteiger partial charge is 0.247 e. The van der Waals surface area contributed by atoms with Crippen LogP contribution in [0.4, 0.5) is 5.69 Å². The van der Waals surface area contributed by atoms with Crippen LogP contribution in [0.1, 0.15) is 13.3 Å². The van der Waals surface area contributed by atoms with Crippen molar-refractivity contribution in [2.75, 3.05) is 25.0 Å². The highest BCUT2D eigenvalue weighted by Crippen LogP contribution is 2.24. The van der Waals surface area contributed by atoms with E-state index in [0.29, 0.717) is 12.2 Å². The number of hydrogen-bond acceptors (Lipinski definition) is 5. The van der Waals surface area contributed by atoms with Gasteiger partial charge in [0.25, 0.3) is 0 Å². The van der Waals surface area contributed by atoms with E-state index in [9.17, 15) is 8.42 Å². The molecule has 7 heteroatoms. The SMILES string of the molecule is CCCNc1ccccc1S(=O)(=O)N(CC#N)CC#N. The van der Waals surface area contributed by atoms with Gasteiger partial charge in [0.15, 0.2) is 0 Å². The van der Waals surface area contributed by atoms with Crippen molar-refractivity contribution in [3.05, 3.63) is 24.3 Å². The van der Waals surface area contributed by atoms with Crippen LogP contribution < -0.4 is 5.32 Å². The lowest BCUT2D eigenvalue weighted by molar-refractivity contribution is 0.480. The number of hydrogen-bond donors (Lipinski definition) is 1. The Kier molecular flexibility index (Phi) is 5.98. The Morgan fingerprint density at radius 2 is 1.80 bits per heavy atom. The topological polar surface area (TPSA) is 97.0 Å². The maximum atomic E-state index is 12.5. The predicted octanol–water partition coefficient (Wildman–Crippen LogP) is 1.55. The Morgan fingerprint density at radius 1 is 1.20 bits per heavy atom. The maximum absolute atomic E-state index is 12.5. The molecule has 0 atom stereocenters. The lowest BCUT2D eigenvalue weighted by Gasteiger charge is -2.18. The van der Waals surface area contributed by atoms with Crippen LogP contribution in [0, 0.1) is 22.7 Å². The molecule has 6 nitrogen and oxygen atoms in total. The summed E-state index contributed by atoms with van der Waals surface area (Å²) in [5.41, 5.74) is 0.482. The fourth-order valence-corrected chi connectivity index (χ4v) is 3.02. The van der Waals surface area contributed by atoms with E-state index >= 15 is 0 Å². The van der Waals surface area contributed by atoms with E-state index < -0.39 is 10.0 Å². The van der Waals surface area contributed by atoms with E-state index in [1.54, 1.807) is 30.3 Å². The van der Waals surface area contributed by atoms with Gasteiger partial charge in [-0.3, -0.25) is 0 Å². The van der Waals surface area contributed by atoms with Crippen LogP contribution in [0.5, 0.6) is 0 Å². The molecule has 0 amide bonds. The molecule has 0 aliphatic rings. The molecule has 1 rings (SSSR count). The number of sulfonamides is 1. The molecule has 1 N–H and O–H groups in total. The lowest BCUT2D eigenvalue weighted by atomic mass is 10.3. The summed E-state index contributed by atoms with van der Waals surface area (Å²) in [5.74, 6) is 0. The summed E-state index contributed by atoms with van der Waals surface area (Å²) in [4.78, 5) is 0.0824. The summed E-state index contributed by atoms with van der Waals surface area (Å²) in [7, 11) is -3.86. The molecule has 106 valence electrons. The van der Waals surface area contributed by atoms with Crippen molar-refractivity contribution in [2.45, 2.75) is 18.2 Å². The van der Waals surface area contributed by atoms with E-state index in [0.717, 1.165) is 10.7 Å². The third kappa shape index (κ3) is 3.70. The van der Waals surface area contributed by atoms with Gasteiger partial charge in [0.1, 0.15) is 18.0 Å². The molecule has 0 heterocycles. The van der Waals surface area contributed by atoms with Gasteiger partial charge in [-0.1, -0.05) is 19.1 Å². The van der Waals surface area contributed by atoms with Gasteiger partial charge in [-0.05, 0) is 18.6 Å². The van der Waals surface area contributed by atoms with Crippen LogP contribution in [0.15, 0.2) is 29.2 Å². The van der Waals surface area contributed by atoms with Crippen LogP contribution in [0.25, 0.3) is 0 Å². The fourth-order valence-electron chi connectivity index (χ4n) is 1.62. The second kappa shape index (κ2) is 7.49. The molecule has 0 bridgehead atoms. The number of rotatable bonds is 7. The molecule has 1 aromatic carbocycles. The normalized spacial score (nSPS) is 10.8. The molecule has 0 aliphatic carbocycles. The lowest BCUT2D eigenvalue weighted by Crippen LogP contribution is -2.32. The van der Waals surface area contributed by atoms with Crippen LogP contribution in [0.2, 0.25) is 0 Å². The summed E-state index contributed by atoms with van der Waals surface area (Å²) >= 11 is 0. The first-order chi connectivity index (χ1) is 9.57. The first-order valence-electron chi connectivity index (χ1n) is 6.14. The van der Waals surface area contributed by atoms with Gasteiger partial charge in [-0.25, -0.2) is 8.42 Å². The van der Waals surface area contributed by atoms with E-state index in [1.165, 1.54) is 6.07 Å². The first kappa shape index (κ1) is 16.0. The molecule has 0 aromatic heterocycles.